The Bertz CT molecular complexity index is 1060. The second kappa shape index (κ2) is 10.7. The lowest BCUT2D eigenvalue weighted by Gasteiger charge is -2.29. The Hall–Kier alpha value is -2.44. The predicted octanol–water partition coefficient (Wildman–Crippen LogP) is 9.39. The van der Waals surface area contributed by atoms with E-state index in [4.69, 9.17) is 0 Å². The summed E-state index contributed by atoms with van der Waals surface area (Å²) in [5.74, 6) is -3.61. The Kier molecular flexibility index (Phi) is 7.82. The first-order valence-electron chi connectivity index (χ1n) is 12.4. The van der Waals surface area contributed by atoms with Crippen molar-refractivity contribution in [1.82, 2.24) is 0 Å². The van der Waals surface area contributed by atoms with Crippen molar-refractivity contribution in [3.8, 4) is 16.9 Å². The molecule has 0 bridgehead atoms. The molecule has 35 heavy (non-hydrogen) atoms. The van der Waals surface area contributed by atoms with Gasteiger partial charge in [-0.1, -0.05) is 69.2 Å². The van der Waals surface area contributed by atoms with E-state index in [1.54, 1.807) is 6.07 Å². The minimum absolute atomic E-state index is 0.0548. The fourth-order valence-electron chi connectivity index (χ4n) is 5.56. The number of alkyl halides is 3. The molecule has 0 aromatic heterocycles. The van der Waals surface area contributed by atoms with Gasteiger partial charge in [-0.05, 0) is 66.3 Å². The van der Waals surface area contributed by atoms with Crippen molar-refractivity contribution >= 4 is 6.08 Å². The van der Waals surface area contributed by atoms with Gasteiger partial charge in [-0.25, -0.2) is 13.2 Å². The van der Waals surface area contributed by atoms with E-state index >= 15 is 4.39 Å². The fourth-order valence-corrected chi connectivity index (χ4v) is 5.56. The first-order valence-corrected chi connectivity index (χ1v) is 12.4. The van der Waals surface area contributed by atoms with Crippen LogP contribution < -0.4 is 4.74 Å². The first kappa shape index (κ1) is 25.6. The Morgan fingerprint density at radius 1 is 0.886 bits per heavy atom. The zero-order chi connectivity index (χ0) is 25.2. The molecular weight excluding hydrogens is 466 g/mol. The Morgan fingerprint density at radius 3 is 2.11 bits per heavy atom. The molecule has 0 atom stereocenters. The van der Waals surface area contributed by atoms with Crippen LogP contribution in [0.3, 0.4) is 0 Å². The maximum absolute atomic E-state index is 15.3. The van der Waals surface area contributed by atoms with Gasteiger partial charge in [-0.15, -0.1) is 13.2 Å². The molecule has 190 valence electrons. The Balaban J connectivity index is 1.46. The van der Waals surface area contributed by atoms with Gasteiger partial charge < -0.3 is 4.74 Å². The zero-order valence-electron chi connectivity index (χ0n) is 19.8. The van der Waals surface area contributed by atoms with Gasteiger partial charge in [-0.3, -0.25) is 0 Å². The second-order valence-electron chi connectivity index (χ2n) is 9.83. The standard InChI is InChI=1S/C28H30F6O/c1-2-3-17-4-6-18(7-5-17)8-9-19-10-12-22-20(14-19)11-13-23(26(22)31)21-15-24(29)27(25(30)16-21)35-28(32,33)34/h11,13-18H,2-10,12H2,1H3. The van der Waals surface area contributed by atoms with E-state index in [9.17, 15) is 22.0 Å². The monoisotopic (exact) mass is 496 g/mol. The molecule has 0 saturated heterocycles. The van der Waals surface area contributed by atoms with E-state index < -0.39 is 29.6 Å². The van der Waals surface area contributed by atoms with Gasteiger partial charge in [0.05, 0.1) is 0 Å². The van der Waals surface area contributed by atoms with Crippen LogP contribution in [0.15, 0.2) is 29.8 Å². The third-order valence-electron chi connectivity index (χ3n) is 7.40. The van der Waals surface area contributed by atoms with Crippen LogP contribution in [-0.2, 0) is 6.42 Å². The highest BCUT2D eigenvalue weighted by Gasteiger charge is 2.34. The number of ether oxygens (including phenoxy) is 1. The van der Waals surface area contributed by atoms with E-state index in [1.165, 1.54) is 50.2 Å². The molecule has 0 spiro atoms. The molecule has 2 aromatic rings. The average Bonchev–Trinajstić information content (AvgIpc) is 2.81. The van der Waals surface area contributed by atoms with Gasteiger partial charge >= 0.3 is 6.36 Å². The number of benzene rings is 2. The molecule has 0 N–H and O–H groups in total. The van der Waals surface area contributed by atoms with Crippen molar-refractivity contribution in [2.75, 3.05) is 0 Å². The van der Waals surface area contributed by atoms with Crippen LogP contribution in [0.5, 0.6) is 5.75 Å². The summed E-state index contributed by atoms with van der Waals surface area (Å²) in [6.07, 6.45) is 7.89. The molecular formula is C28H30F6O. The molecule has 4 rings (SSSR count). The summed E-state index contributed by atoms with van der Waals surface area (Å²) < 4.78 is 84.2. The van der Waals surface area contributed by atoms with Crippen molar-refractivity contribution < 1.29 is 31.1 Å². The predicted molar refractivity (Wildman–Crippen MR) is 124 cm³/mol. The van der Waals surface area contributed by atoms with Gasteiger partial charge in [0.1, 0.15) is 5.82 Å². The summed E-state index contributed by atoms with van der Waals surface area (Å²) in [5.41, 5.74) is 2.26. The minimum atomic E-state index is -5.24. The highest BCUT2D eigenvalue weighted by atomic mass is 19.4. The van der Waals surface area contributed by atoms with Crippen LogP contribution >= 0.6 is 0 Å². The van der Waals surface area contributed by atoms with Crippen LogP contribution in [0, 0.1) is 29.3 Å². The van der Waals surface area contributed by atoms with Crippen LogP contribution in [0.1, 0.15) is 75.8 Å². The van der Waals surface area contributed by atoms with Gasteiger partial charge in [0.25, 0.3) is 0 Å². The van der Waals surface area contributed by atoms with Gasteiger partial charge in [0, 0.05) is 5.56 Å². The smallest absolute Gasteiger partial charge is 0.399 e. The van der Waals surface area contributed by atoms with Crippen molar-refractivity contribution in [1.29, 1.82) is 0 Å². The summed E-state index contributed by atoms with van der Waals surface area (Å²) in [4.78, 5) is 0. The Morgan fingerprint density at radius 2 is 1.51 bits per heavy atom. The third kappa shape index (κ3) is 6.22. The number of fused-ring (bicyclic) bond motifs is 1. The minimum Gasteiger partial charge on any atom is -0.399 e. The van der Waals surface area contributed by atoms with Crippen molar-refractivity contribution in [3.05, 3.63) is 58.4 Å². The van der Waals surface area contributed by atoms with E-state index in [1.807, 2.05) is 6.08 Å². The van der Waals surface area contributed by atoms with Crippen LogP contribution in [-0.4, -0.2) is 6.36 Å². The molecule has 2 aliphatic rings. The summed E-state index contributed by atoms with van der Waals surface area (Å²) >= 11 is 0. The molecule has 0 amide bonds. The van der Waals surface area contributed by atoms with E-state index in [2.05, 4.69) is 11.7 Å². The van der Waals surface area contributed by atoms with Crippen LogP contribution in [0.25, 0.3) is 17.2 Å². The molecule has 0 aliphatic heterocycles. The summed E-state index contributed by atoms with van der Waals surface area (Å²) in [6.45, 7) is 2.24. The van der Waals surface area contributed by atoms with Gasteiger partial charge in [-0.2, -0.15) is 0 Å². The second-order valence-corrected chi connectivity index (χ2v) is 9.83. The van der Waals surface area contributed by atoms with Crippen molar-refractivity contribution in [3.63, 3.8) is 0 Å². The molecule has 2 aromatic carbocycles. The molecule has 0 heterocycles. The molecule has 1 nitrogen and oxygen atoms in total. The molecule has 0 unspecified atom stereocenters. The lowest BCUT2D eigenvalue weighted by Crippen LogP contribution is -2.19. The number of rotatable bonds is 7. The molecule has 7 heteroatoms. The average molecular weight is 497 g/mol. The summed E-state index contributed by atoms with van der Waals surface area (Å²) in [6, 6.07) is 4.45. The van der Waals surface area contributed by atoms with Gasteiger partial charge in [0.2, 0.25) is 5.75 Å². The first-order chi connectivity index (χ1) is 16.6. The van der Waals surface area contributed by atoms with E-state index in [-0.39, 0.29) is 11.1 Å². The third-order valence-corrected chi connectivity index (χ3v) is 7.40. The quantitative estimate of drug-likeness (QED) is 0.347. The largest absolute Gasteiger partial charge is 0.573 e. The molecule has 2 aliphatic carbocycles. The highest BCUT2D eigenvalue weighted by molar-refractivity contribution is 5.71. The van der Waals surface area contributed by atoms with E-state index in [0.29, 0.717) is 24.1 Å². The zero-order valence-corrected chi connectivity index (χ0v) is 19.8. The lowest BCUT2D eigenvalue weighted by atomic mass is 9.77. The summed E-state index contributed by atoms with van der Waals surface area (Å²) in [5, 5.41) is 0. The fraction of sp³-hybridized carbons (Fsp3) is 0.500. The highest BCUT2D eigenvalue weighted by Crippen LogP contribution is 2.39. The van der Waals surface area contributed by atoms with Crippen LogP contribution in [0.2, 0.25) is 0 Å². The normalized spacial score (nSPS) is 20.4. The van der Waals surface area contributed by atoms with Crippen LogP contribution in [0.4, 0.5) is 26.3 Å². The summed E-state index contributed by atoms with van der Waals surface area (Å²) in [7, 11) is 0. The molecule has 1 saturated carbocycles. The number of halogens is 6. The van der Waals surface area contributed by atoms with Crippen molar-refractivity contribution in [2.24, 2.45) is 11.8 Å². The van der Waals surface area contributed by atoms with E-state index in [0.717, 1.165) is 36.7 Å². The lowest BCUT2D eigenvalue weighted by molar-refractivity contribution is -0.276. The maximum atomic E-state index is 15.3. The molecule has 1 fully saturated rings. The number of allylic oxidation sites excluding steroid dienone is 1. The molecule has 0 radical (unpaired) electrons. The maximum Gasteiger partial charge on any atom is 0.573 e. The van der Waals surface area contributed by atoms with Crippen molar-refractivity contribution in [2.45, 2.75) is 77.5 Å². The Labute approximate surface area is 202 Å². The van der Waals surface area contributed by atoms with Gasteiger partial charge in [0.15, 0.2) is 11.6 Å². The topological polar surface area (TPSA) is 9.23 Å². The SMILES string of the molecule is CCCC1CCC(CCC2=Cc3ccc(-c4cc(F)c(OC(F)(F)F)c(F)c4)c(F)c3CC2)CC1. The number of hydrogen-bond donors (Lipinski definition) is 0. The number of hydrogen-bond acceptors (Lipinski definition) is 1.